The number of rotatable bonds is 4. The fourth-order valence-corrected chi connectivity index (χ4v) is 4.22. The topological polar surface area (TPSA) is 86.7 Å². The van der Waals surface area contributed by atoms with Crippen molar-refractivity contribution in [1.82, 2.24) is 10.3 Å². The van der Waals surface area contributed by atoms with E-state index < -0.39 is 12.1 Å². The molecule has 7 heteroatoms. The van der Waals surface area contributed by atoms with Gasteiger partial charge in [0.25, 0.3) is 11.8 Å². The van der Waals surface area contributed by atoms with E-state index in [9.17, 15) is 9.59 Å². The van der Waals surface area contributed by atoms with Crippen molar-refractivity contribution >= 4 is 29.0 Å². The number of nitrogens with zero attached hydrogens (tertiary/aromatic N) is 3. The van der Waals surface area contributed by atoms with Crippen molar-refractivity contribution in [1.29, 1.82) is 0 Å². The van der Waals surface area contributed by atoms with Gasteiger partial charge in [-0.05, 0) is 37.5 Å². The first-order valence-electron chi connectivity index (χ1n) is 11.2. The molecule has 1 atom stereocenters. The maximum absolute atomic E-state index is 13.0. The summed E-state index contributed by atoms with van der Waals surface area (Å²) < 4.78 is 0. The molecule has 2 aliphatic rings. The van der Waals surface area contributed by atoms with Crippen LogP contribution in [0.3, 0.4) is 0 Å². The Labute approximate surface area is 192 Å². The van der Waals surface area contributed by atoms with Gasteiger partial charge in [0.2, 0.25) is 6.17 Å². The highest BCUT2D eigenvalue weighted by Gasteiger charge is 2.27. The van der Waals surface area contributed by atoms with Crippen LogP contribution in [0, 0.1) is 0 Å². The van der Waals surface area contributed by atoms with Crippen molar-refractivity contribution in [3.63, 3.8) is 0 Å². The Bertz CT molecular complexity index is 1180. The second kappa shape index (κ2) is 9.24. The molecule has 3 aromatic rings. The molecule has 2 N–H and O–H groups in total. The van der Waals surface area contributed by atoms with Crippen LogP contribution >= 0.6 is 0 Å². The van der Waals surface area contributed by atoms with Gasteiger partial charge in [-0.1, -0.05) is 48.5 Å². The number of piperidine rings is 1. The van der Waals surface area contributed by atoms with Gasteiger partial charge >= 0.3 is 0 Å². The van der Waals surface area contributed by atoms with Gasteiger partial charge in [-0.2, -0.15) is 0 Å². The summed E-state index contributed by atoms with van der Waals surface area (Å²) in [5, 5.41) is 5.66. The highest BCUT2D eigenvalue weighted by Crippen LogP contribution is 2.24. The summed E-state index contributed by atoms with van der Waals surface area (Å²) in [6, 6.07) is 20.8. The molecule has 1 aromatic heterocycles. The monoisotopic (exact) mass is 439 g/mol. The molecule has 0 saturated carbocycles. The number of aliphatic imine (C=N–C) groups is 1. The van der Waals surface area contributed by atoms with E-state index in [0.29, 0.717) is 17.0 Å². The Balaban J connectivity index is 1.40. The van der Waals surface area contributed by atoms with Crippen LogP contribution in [0.25, 0.3) is 0 Å². The third-order valence-electron chi connectivity index (χ3n) is 5.95. The number of para-hydroxylation sites is 1. The number of fused-ring (bicyclic) bond motifs is 1. The molecule has 166 valence electrons. The van der Waals surface area contributed by atoms with Crippen molar-refractivity contribution in [3.8, 4) is 0 Å². The third-order valence-corrected chi connectivity index (χ3v) is 5.95. The molecule has 2 amide bonds. The largest absolute Gasteiger partial charge is 0.357 e. The Kier molecular flexibility index (Phi) is 5.85. The van der Waals surface area contributed by atoms with Gasteiger partial charge in [0.1, 0.15) is 5.82 Å². The van der Waals surface area contributed by atoms with Crippen molar-refractivity contribution in [2.24, 2.45) is 4.99 Å². The number of benzodiazepines with no additional fused rings is 1. The molecule has 1 fully saturated rings. The number of pyridine rings is 1. The van der Waals surface area contributed by atoms with Crippen LogP contribution in [-0.2, 0) is 4.79 Å². The first-order chi connectivity index (χ1) is 16.2. The smallest absolute Gasteiger partial charge is 0.269 e. The summed E-state index contributed by atoms with van der Waals surface area (Å²) in [4.78, 5) is 37.3. The van der Waals surface area contributed by atoms with Crippen LogP contribution in [0.4, 0.5) is 11.5 Å². The molecule has 0 spiro atoms. The molecule has 33 heavy (non-hydrogen) atoms. The minimum Gasteiger partial charge on any atom is -0.357 e. The van der Waals surface area contributed by atoms with Gasteiger partial charge in [-0.15, -0.1) is 0 Å². The van der Waals surface area contributed by atoms with E-state index in [1.54, 1.807) is 12.3 Å². The minimum atomic E-state index is -1.07. The Morgan fingerprint density at radius 1 is 0.939 bits per heavy atom. The van der Waals surface area contributed by atoms with Crippen LogP contribution in [0.15, 0.2) is 77.9 Å². The molecule has 0 bridgehead atoms. The standard InChI is InChI=1S/C26H25N5O2/c32-25(19-13-14-22(27-17-19)31-15-7-2-8-16-31)30-24-26(33)28-21-12-6-5-11-20(21)23(29-24)18-9-3-1-4-10-18/h1,3-6,9-14,17,24H,2,7-8,15-16H2,(H,28,33)(H,30,32). The van der Waals surface area contributed by atoms with Crippen molar-refractivity contribution in [2.75, 3.05) is 23.3 Å². The summed E-state index contributed by atoms with van der Waals surface area (Å²) in [7, 11) is 0. The summed E-state index contributed by atoms with van der Waals surface area (Å²) in [6.07, 6.45) is 4.05. The third kappa shape index (κ3) is 4.48. The molecule has 3 heterocycles. The lowest BCUT2D eigenvalue weighted by Gasteiger charge is -2.27. The van der Waals surface area contributed by atoms with Gasteiger partial charge in [0, 0.05) is 30.4 Å². The predicted molar refractivity (Wildman–Crippen MR) is 129 cm³/mol. The highest BCUT2D eigenvalue weighted by molar-refractivity contribution is 6.20. The lowest BCUT2D eigenvalue weighted by molar-refractivity contribution is -0.117. The molecule has 1 unspecified atom stereocenters. The van der Waals surface area contributed by atoms with Crippen molar-refractivity contribution < 1.29 is 9.59 Å². The van der Waals surface area contributed by atoms with Gasteiger partial charge in [0.15, 0.2) is 0 Å². The van der Waals surface area contributed by atoms with E-state index in [0.717, 1.165) is 42.9 Å². The molecule has 1 saturated heterocycles. The quantitative estimate of drug-likeness (QED) is 0.650. The second-order valence-corrected chi connectivity index (χ2v) is 8.21. The molecule has 2 aliphatic heterocycles. The Morgan fingerprint density at radius 2 is 1.70 bits per heavy atom. The zero-order valence-electron chi connectivity index (χ0n) is 18.2. The van der Waals surface area contributed by atoms with E-state index in [-0.39, 0.29) is 5.91 Å². The number of carbonyl (C=O) groups excluding carboxylic acids is 2. The second-order valence-electron chi connectivity index (χ2n) is 8.21. The molecular formula is C26H25N5O2. The van der Waals surface area contributed by atoms with E-state index in [1.165, 1.54) is 6.42 Å². The average molecular weight is 440 g/mol. The first kappa shape index (κ1) is 20.9. The zero-order valence-corrected chi connectivity index (χ0v) is 18.2. The van der Waals surface area contributed by atoms with Crippen LogP contribution in [0.1, 0.15) is 40.7 Å². The molecule has 7 nitrogen and oxygen atoms in total. The summed E-state index contributed by atoms with van der Waals surface area (Å²) in [5.74, 6) is 0.0906. The van der Waals surface area contributed by atoms with Crippen LogP contribution in [-0.4, -0.2) is 41.8 Å². The van der Waals surface area contributed by atoms with E-state index in [2.05, 4.69) is 25.5 Å². The fourth-order valence-electron chi connectivity index (χ4n) is 4.22. The van der Waals surface area contributed by atoms with E-state index in [1.807, 2.05) is 60.7 Å². The Morgan fingerprint density at radius 3 is 2.45 bits per heavy atom. The first-order valence-corrected chi connectivity index (χ1v) is 11.2. The maximum atomic E-state index is 13.0. The Hall–Kier alpha value is -4.00. The normalized spacial score (nSPS) is 17.9. The molecule has 0 aliphatic carbocycles. The van der Waals surface area contributed by atoms with Gasteiger partial charge in [0.05, 0.1) is 17.0 Å². The minimum absolute atomic E-state index is 0.389. The molecule has 5 rings (SSSR count). The summed E-state index contributed by atoms with van der Waals surface area (Å²) in [6.45, 7) is 1.97. The van der Waals surface area contributed by atoms with Crippen LogP contribution < -0.4 is 15.5 Å². The van der Waals surface area contributed by atoms with Gasteiger partial charge in [-0.3, -0.25) is 9.59 Å². The number of hydrogen-bond donors (Lipinski definition) is 2. The molecule has 2 aromatic carbocycles. The predicted octanol–water partition coefficient (Wildman–Crippen LogP) is 3.62. The highest BCUT2D eigenvalue weighted by atomic mass is 16.2. The van der Waals surface area contributed by atoms with Crippen molar-refractivity contribution in [3.05, 3.63) is 89.6 Å². The number of nitrogens with one attached hydrogen (secondary N) is 2. The number of carbonyl (C=O) groups is 2. The number of benzene rings is 2. The lowest BCUT2D eigenvalue weighted by Crippen LogP contribution is -2.42. The lowest BCUT2D eigenvalue weighted by atomic mass is 10.0. The van der Waals surface area contributed by atoms with E-state index >= 15 is 0 Å². The summed E-state index contributed by atoms with van der Waals surface area (Å²) >= 11 is 0. The van der Waals surface area contributed by atoms with Crippen LogP contribution in [0.2, 0.25) is 0 Å². The van der Waals surface area contributed by atoms with Gasteiger partial charge in [-0.25, -0.2) is 9.98 Å². The number of hydrogen-bond acceptors (Lipinski definition) is 5. The van der Waals surface area contributed by atoms with Crippen molar-refractivity contribution in [2.45, 2.75) is 25.4 Å². The number of aromatic nitrogens is 1. The summed E-state index contributed by atoms with van der Waals surface area (Å²) in [5.41, 5.74) is 3.37. The number of amides is 2. The van der Waals surface area contributed by atoms with Crippen LogP contribution in [0.5, 0.6) is 0 Å². The fraction of sp³-hybridized carbons (Fsp3) is 0.231. The van der Waals surface area contributed by atoms with E-state index in [4.69, 9.17) is 0 Å². The maximum Gasteiger partial charge on any atom is 0.269 e. The van der Waals surface area contributed by atoms with Gasteiger partial charge < -0.3 is 15.5 Å². The molecular weight excluding hydrogens is 414 g/mol. The number of anilines is 2. The zero-order chi connectivity index (χ0) is 22.6. The average Bonchev–Trinajstić information content (AvgIpc) is 3.01. The SMILES string of the molecule is O=C(NC1N=C(c2ccccc2)c2ccccc2NC1=O)c1ccc(N2CCCCC2)nc1. The molecule has 0 radical (unpaired) electrons.